The standard InChI is InChI=1S/C45H50Cl2F3N3O5/c1-27(54)37-16-14-34(21-58-37)52-43(56)41-38(30-17-32(47)19-33(50)18-30)39(35-15-13-31(46)20-36(35)51-26-57-2)45(22-44(23-45,24-48)25-49)53(41)40(28-9-5-3-6-10-28)42(55)29-11-7-4-8-12-29/h3-13,15,17-20,27,34,37-42,51,54-55H,14,16,21-26H2,1-2H3,(H,52,56)/t27-,34-,37+,38-,39?,40-,41-,42+/m1/s1. The van der Waals surface area contributed by atoms with Gasteiger partial charge >= 0.3 is 0 Å². The molecule has 1 saturated carbocycles. The van der Waals surface area contributed by atoms with Crippen molar-refractivity contribution in [1.82, 2.24) is 10.2 Å². The lowest BCUT2D eigenvalue weighted by Crippen LogP contribution is -2.66. The molecule has 0 aromatic heterocycles. The molecule has 1 spiro atoms. The molecule has 2 aliphatic heterocycles. The number of amides is 1. The number of aliphatic hydroxyl groups excluding tert-OH is 2. The molecule has 4 N–H and O–H groups in total. The Labute approximate surface area is 347 Å². The molecule has 3 aliphatic rings. The molecule has 1 amide bonds. The van der Waals surface area contributed by atoms with Crippen LogP contribution in [0.15, 0.2) is 97.1 Å². The summed E-state index contributed by atoms with van der Waals surface area (Å²) in [5.74, 6) is -2.69. The number of carbonyl (C=O) groups excluding carboxylic acids is 1. The molecule has 7 rings (SSSR count). The van der Waals surface area contributed by atoms with Gasteiger partial charge in [-0.05, 0) is 85.2 Å². The third kappa shape index (κ3) is 8.24. The van der Waals surface area contributed by atoms with E-state index in [9.17, 15) is 10.2 Å². The highest BCUT2D eigenvalue weighted by atomic mass is 35.5. The van der Waals surface area contributed by atoms with Crippen LogP contribution < -0.4 is 10.6 Å². The summed E-state index contributed by atoms with van der Waals surface area (Å²) >= 11 is 13.2. The number of aliphatic hydroxyl groups is 2. The summed E-state index contributed by atoms with van der Waals surface area (Å²) in [5.41, 5.74) is 0.274. The van der Waals surface area contributed by atoms with Crippen LogP contribution in [0.4, 0.5) is 18.9 Å². The number of ether oxygens (including phenoxy) is 2. The van der Waals surface area contributed by atoms with Crippen LogP contribution in [0, 0.1) is 11.2 Å². The molecular weight excluding hydrogens is 790 g/mol. The minimum absolute atomic E-state index is 0.0270. The molecule has 4 aromatic carbocycles. The lowest BCUT2D eigenvalue weighted by molar-refractivity contribution is -0.152. The zero-order valence-corrected chi connectivity index (χ0v) is 34.0. The van der Waals surface area contributed by atoms with Gasteiger partial charge in [-0.3, -0.25) is 18.5 Å². The number of nitrogens with zero attached hydrogens (tertiary/aromatic N) is 1. The minimum Gasteiger partial charge on any atom is -0.391 e. The number of methoxy groups -OCH3 is 1. The minimum atomic E-state index is -1.38. The van der Waals surface area contributed by atoms with Gasteiger partial charge in [-0.2, -0.15) is 0 Å². The Hall–Kier alpha value is -3.68. The van der Waals surface area contributed by atoms with Gasteiger partial charge in [0, 0.05) is 45.6 Å². The van der Waals surface area contributed by atoms with Crippen LogP contribution in [0.1, 0.15) is 78.8 Å². The number of hydrogen-bond acceptors (Lipinski definition) is 7. The fraction of sp³-hybridized carbons (Fsp3) is 0.444. The van der Waals surface area contributed by atoms with Crippen LogP contribution in [-0.2, 0) is 14.3 Å². The maximum Gasteiger partial charge on any atom is 0.238 e. The average Bonchev–Trinajstić information content (AvgIpc) is 3.50. The number of alkyl halides is 2. The molecule has 4 aromatic rings. The summed E-state index contributed by atoms with van der Waals surface area (Å²) in [6, 6.07) is 25.3. The number of hydrogen-bond donors (Lipinski definition) is 4. The summed E-state index contributed by atoms with van der Waals surface area (Å²) in [7, 11) is 1.53. The molecule has 0 radical (unpaired) electrons. The maximum atomic E-state index is 15.7. The van der Waals surface area contributed by atoms with Crippen molar-refractivity contribution in [2.75, 3.05) is 39.1 Å². The average molecular weight is 841 g/mol. The molecule has 13 heteroatoms. The van der Waals surface area contributed by atoms with Crippen molar-refractivity contribution in [3.63, 3.8) is 0 Å². The van der Waals surface area contributed by atoms with Crippen molar-refractivity contribution in [3.8, 4) is 0 Å². The van der Waals surface area contributed by atoms with E-state index in [-0.39, 0.29) is 37.3 Å². The summed E-state index contributed by atoms with van der Waals surface area (Å²) in [5, 5.41) is 30.0. The SMILES string of the molecule is COCNc1cc(Cl)ccc1C1[C@@H](c2cc(F)cc(Cl)c2)[C@H](C(=O)N[C@@H]2CC[C@@H]([C@@H](C)O)OC2)N([C@H](c2ccccc2)[C@@H](O)c2ccccc2)C12CC(CF)(CF)C2. The van der Waals surface area contributed by atoms with Gasteiger partial charge in [0.2, 0.25) is 5.91 Å². The van der Waals surface area contributed by atoms with E-state index < -0.39 is 78.2 Å². The molecule has 1 unspecified atom stereocenters. The van der Waals surface area contributed by atoms with Crippen LogP contribution in [0.3, 0.4) is 0 Å². The Morgan fingerprint density at radius 1 is 0.931 bits per heavy atom. The zero-order valence-electron chi connectivity index (χ0n) is 32.5. The maximum absolute atomic E-state index is 15.7. The van der Waals surface area contributed by atoms with Gasteiger partial charge in [-0.25, -0.2) is 4.39 Å². The Kier molecular flexibility index (Phi) is 13.1. The Morgan fingerprint density at radius 3 is 2.19 bits per heavy atom. The highest BCUT2D eigenvalue weighted by Gasteiger charge is 2.72. The van der Waals surface area contributed by atoms with Gasteiger partial charge < -0.3 is 30.3 Å². The van der Waals surface area contributed by atoms with Gasteiger partial charge in [0.25, 0.3) is 0 Å². The predicted molar refractivity (Wildman–Crippen MR) is 219 cm³/mol. The van der Waals surface area contributed by atoms with Crippen molar-refractivity contribution in [2.45, 2.75) is 86.4 Å². The van der Waals surface area contributed by atoms with Gasteiger partial charge in [0.1, 0.15) is 12.5 Å². The highest BCUT2D eigenvalue weighted by Crippen LogP contribution is 2.70. The smallest absolute Gasteiger partial charge is 0.238 e. The predicted octanol–water partition coefficient (Wildman–Crippen LogP) is 8.68. The van der Waals surface area contributed by atoms with E-state index in [1.165, 1.54) is 19.2 Å². The van der Waals surface area contributed by atoms with Gasteiger partial charge in [-0.15, -0.1) is 0 Å². The van der Waals surface area contributed by atoms with Crippen LogP contribution in [0.2, 0.25) is 10.0 Å². The Morgan fingerprint density at radius 2 is 1.60 bits per heavy atom. The molecule has 8 atom stereocenters. The third-order valence-corrected chi connectivity index (χ3v) is 12.8. The molecule has 3 fully saturated rings. The van der Waals surface area contributed by atoms with E-state index >= 15 is 18.0 Å². The summed E-state index contributed by atoms with van der Waals surface area (Å²) in [6.07, 6.45) is -1.36. The monoisotopic (exact) mass is 839 g/mol. The topological polar surface area (TPSA) is 103 Å². The molecule has 310 valence electrons. The van der Waals surface area contributed by atoms with E-state index in [2.05, 4.69) is 10.6 Å². The van der Waals surface area contributed by atoms with Crippen molar-refractivity contribution >= 4 is 34.8 Å². The number of nitrogens with one attached hydrogen (secondary N) is 2. The largest absolute Gasteiger partial charge is 0.391 e. The Bertz CT molecular complexity index is 1990. The first kappa shape index (κ1) is 42.4. The number of halogens is 5. The van der Waals surface area contributed by atoms with Gasteiger partial charge in [-0.1, -0.05) is 89.9 Å². The lowest BCUT2D eigenvalue weighted by Gasteiger charge is -2.61. The summed E-state index contributed by atoms with van der Waals surface area (Å²) in [6.45, 7) is -0.00519. The van der Waals surface area contributed by atoms with E-state index in [0.717, 1.165) is 0 Å². The van der Waals surface area contributed by atoms with Crippen LogP contribution in [0.25, 0.3) is 0 Å². The van der Waals surface area contributed by atoms with E-state index in [0.29, 0.717) is 45.8 Å². The van der Waals surface area contributed by atoms with Crippen LogP contribution >= 0.6 is 23.2 Å². The zero-order chi connectivity index (χ0) is 41.2. The number of anilines is 1. The molecule has 1 aliphatic carbocycles. The summed E-state index contributed by atoms with van der Waals surface area (Å²) < 4.78 is 57.6. The second-order valence-corrected chi connectivity index (χ2v) is 17.1. The van der Waals surface area contributed by atoms with Crippen molar-refractivity contribution in [3.05, 3.63) is 135 Å². The molecule has 8 nitrogen and oxygen atoms in total. The fourth-order valence-electron chi connectivity index (χ4n) is 10.00. The van der Waals surface area contributed by atoms with E-state index in [4.69, 9.17) is 32.7 Å². The van der Waals surface area contributed by atoms with Crippen LogP contribution in [0.5, 0.6) is 0 Å². The second kappa shape index (κ2) is 17.9. The first-order valence-corrected chi connectivity index (χ1v) is 20.5. The van der Waals surface area contributed by atoms with E-state index in [1.54, 1.807) is 37.3 Å². The van der Waals surface area contributed by atoms with Crippen molar-refractivity contribution in [2.24, 2.45) is 5.41 Å². The third-order valence-electron chi connectivity index (χ3n) is 12.4. The molecule has 2 heterocycles. The van der Waals surface area contributed by atoms with Crippen molar-refractivity contribution in [1.29, 1.82) is 0 Å². The number of likely N-dealkylation sites (tertiary alicyclic amines) is 1. The van der Waals surface area contributed by atoms with Crippen LogP contribution in [-0.4, -0.2) is 84.6 Å². The van der Waals surface area contributed by atoms with Gasteiger partial charge in [0.05, 0.1) is 56.4 Å². The normalized spacial score (nSPS) is 25.4. The fourth-order valence-corrected chi connectivity index (χ4v) is 10.4. The molecule has 2 saturated heterocycles. The number of benzene rings is 4. The number of rotatable bonds is 14. The quantitative estimate of drug-likeness (QED) is 0.0944. The first-order valence-electron chi connectivity index (χ1n) is 19.7. The second-order valence-electron chi connectivity index (χ2n) is 16.2. The van der Waals surface area contributed by atoms with E-state index in [1.807, 2.05) is 59.5 Å². The number of carbonyl (C=O) groups is 1. The Balaban J connectivity index is 1.51. The van der Waals surface area contributed by atoms with Gasteiger partial charge in [0.15, 0.2) is 0 Å². The highest BCUT2D eigenvalue weighted by molar-refractivity contribution is 6.31. The summed E-state index contributed by atoms with van der Waals surface area (Å²) in [4.78, 5) is 17.5. The van der Waals surface area contributed by atoms with Crippen molar-refractivity contribution < 1.29 is 37.7 Å². The first-order chi connectivity index (χ1) is 27.9. The molecule has 58 heavy (non-hydrogen) atoms. The molecule has 0 bridgehead atoms. The molecular formula is C45H50Cl2F3N3O5. The lowest BCUT2D eigenvalue weighted by atomic mass is 9.51.